The molecule has 24 heavy (non-hydrogen) atoms. The molecule has 0 radical (unpaired) electrons. The van der Waals surface area contributed by atoms with Crippen LogP contribution in [0, 0.1) is 11.3 Å². The van der Waals surface area contributed by atoms with Crippen LogP contribution in [0.2, 0.25) is 0 Å². The minimum Gasteiger partial charge on any atom is -0.355 e. The lowest BCUT2D eigenvalue weighted by atomic mass is 10.1. The maximum absolute atomic E-state index is 8.82. The highest BCUT2D eigenvalue weighted by Crippen LogP contribution is 2.20. The normalized spacial score (nSPS) is 18.2. The van der Waals surface area contributed by atoms with E-state index in [9.17, 15) is 0 Å². The molecule has 1 unspecified atom stereocenters. The smallest absolute Gasteiger partial charge is 0.158 e. The highest BCUT2D eigenvalue weighted by Gasteiger charge is 2.21. The van der Waals surface area contributed by atoms with Crippen LogP contribution in [0.4, 0.5) is 5.82 Å². The Morgan fingerprint density at radius 3 is 2.83 bits per heavy atom. The first-order valence-electron chi connectivity index (χ1n) is 8.33. The van der Waals surface area contributed by atoms with Crippen molar-refractivity contribution in [1.82, 2.24) is 19.9 Å². The summed E-state index contributed by atoms with van der Waals surface area (Å²) in [7, 11) is 2.18. The van der Waals surface area contributed by atoms with Crippen LogP contribution in [0.15, 0.2) is 36.8 Å². The Balaban J connectivity index is 1.59. The number of nitrogens with zero attached hydrogens (tertiary/aromatic N) is 6. The van der Waals surface area contributed by atoms with E-state index < -0.39 is 0 Å². The number of hydrogen-bond acceptors (Lipinski definition) is 6. The molecular weight excluding hydrogens is 300 g/mol. The molecule has 2 aromatic heterocycles. The van der Waals surface area contributed by atoms with Gasteiger partial charge in [0.1, 0.15) is 11.9 Å². The maximum Gasteiger partial charge on any atom is 0.158 e. The molecule has 0 N–H and O–H groups in total. The molecule has 0 amide bonds. The van der Waals surface area contributed by atoms with Gasteiger partial charge in [0.05, 0.1) is 18.1 Å². The van der Waals surface area contributed by atoms with Crippen molar-refractivity contribution in [1.29, 1.82) is 5.26 Å². The topological polar surface area (TPSA) is 68.9 Å². The van der Waals surface area contributed by atoms with Crippen LogP contribution in [-0.4, -0.2) is 46.0 Å². The molecule has 0 aliphatic carbocycles. The average Bonchev–Trinajstić information content (AvgIpc) is 2.89. The number of rotatable bonds is 4. The van der Waals surface area contributed by atoms with Crippen LogP contribution in [0.25, 0.3) is 0 Å². The molecule has 0 bridgehead atoms. The highest BCUT2D eigenvalue weighted by molar-refractivity contribution is 5.37. The van der Waals surface area contributed by atoms with Gasteiger partial charge in [-0.25, -0.2) is 9.97 Å². The Morgan fingerprint density at radius 1 is 1.21 bits per heavy atom. The molecule has 1 aliphatic heterocycles. The van der Waals surface area contributed by atoms with Gasteiger partial charge in [-0.2, -0.15) is 5.26 Å². The summed E-state index contributed by atoms with van der Waals surface area (Å²) in [6.45, 7) is 2.81. The van der Waals surface area contributed by atoms with Crippen LogP contribution in [0.5, 0.6) is 0 Å². The lowest BCUT2D eigenvalue weighted by molar-refractivity contribution is 0.215. The van der Waals surface area contributed by atoms with Gasteiger partial charge in [-0.15, -0.1) is 0 Å². The van der Waals surface area contributed by atoms with Crippen LogP contribution >= 0.6 is 0 Å². The van der Waals surface area contributed by atoms with E-state index in [0.717, 1.165) is 44.0 Å². The second-order valence-corrected chi connectivity index (χ2v) is 6.18. The molecule has 0 aromatic carbocycles. The maximum atomic E-state index is 8.82. The Morgan fingerprint density at radius 2 is 2.12 bits per heavy atom. The van der Waals surface area contributed by atoms with Gasteiger partial charge in [-0.1, -0.05) is 6.07 Å². The fourth-order valence-electron chi connectivity index (χ4n) is 3.17. The van der Waals surface area contributed by atoms with E-state index in [0.29, 0.717) is 11.7 Å². The lowest BCUT2D eigenvalue weighted by Gasteiger charge is -2.27. The fraction of sp³-hybridized carbons (Fsp3) is 0.444. The van der Waals surface area contributed by atoms with Gasteiger partial charge < -0.3 is 4.90 Å². The summed E-state index contributed by atoms with van der Waals surface area (Å²) < 4.78 is 0. The first-order valence-corrected chi connectivity index (χ1v) is 8.33. The van der Waals surface area contributed by atoms with Gasteiger partial charge in [0, 0.05) is 31.9 Å². The summed E-state index contributed by atoms with van der Waals surface area (Å²) in [5, 5.41) is 8.82. The molecule has 1 fully saturated rings. The van der Waals surface area contributed by atoms with Crippen LogP contribution in [-0.2, 0) is 6.54 Å². The second kappa shape index (κ2) is 7.84. The van der Waals surface area contributed by atoms with Crippen molar-refractivity contribution in [3.8, 4) is 6.07 Å². The molecule has 3 rings (SSSR count). The van der Waals surface area contributed by atoms with Crippen LogP contribution < -0.4 is 4.90 Å². The van der Waals surface area contributed by atoms with E-state index in [1.165, 1.54) is 6.42 Å². The van der Waals surface area contributed by atoms with Crippen LogP contribution in [0.3, 0.4) is 0 Å². The first kappa shape index (κ1) is 16.3. The summed E-state index contributed by atoms with van der Waals surface area (Å²) in [5.74, 6) is 0.863. The average molecular weight is 322 g/mol. The molecule has 0 saturated carbocycles. The predicted octanol–water partition coefficient (Wildman–Crippen LogP) is 2.23. The molecule has 3 heterocycles. The number of hydrogen-bond donors (Lipinski definition) is 0. The minimum atomic E-state index is 0.363. The van der Waals surface area contributed by atoms with Crippen molar-refractivity contribution in [3.05, 3.63) is 48.2 Å². The summed E-state index contributed by atoms with van der Waals surface area (Å²) in [6, 6.07) is 8.62. The van der Waals surface area contributed by atoms with Crippen molar-refractivity contribution < 1.29 is 0 Å². The highest BCUT2D eigenvalue weighted by atomic mass is 15.2. The number of nitriles is 1. The van der Waals surface area contributed by atoms with Gasteiger partial charge in [0.2, 0.25) is 0 Å². The molecule has 124 valence electrons. The predicted molar refractivity (Wildman–Crippen MR) is 92.3 cm³/mol. The summed E-state index contributed by atoms with van der Waals surface area (Å²) in [6.07, 6.45) is 8.48. The SMILES string of the molecule is CN(Cc1ccccn1)C1CCCN(c2cnc(C#N)cn2)CC1. The Kier molecular flexibility index (Phi) is 5.34. The summed E-state index contributed by atoms with van der Waals surface area (Å²) >= 11 is 0. The zero-order valence-electron chi connectivity index (χ0n) is 14.0. The van der Waals surface area contributed by atoms with E-state index >= 15 is 0 Å². The van der Waals surface area contributed by atoms with Crippen LogP contribution in [0.1, 0.15) is 30.7 Å². The van der Waals surface area contributed by atoms with Gasteiger partial charge in [-0.05, 0) is 38.4 Å². The molecular formula is C18H22N6. The number of aromatic nitrogens is 3. The van der Waals surface area contributed by atoms with Crippen molar-refractivity contribution in [2.24, 2.45) is 0 Å². The number of anilines is 1. The lowest BCUT2D eigenvalue weighted by Crippen LogP contribution is -2.33. The third kappa shape index (κ3) is 4.06. The molecule has 1 saturated heterocycles. The molecule has 6 nitrogen and oxygen atoms in total. The van der Waals surface area contributed by atoms with E-state index in [1.807, 2.05) is 24.4 Å². The largest absolute Gasteiger partial charge is 0.355 e. The van der Waals surface area contributed by atoms with E-state index in [-0.39, 0.29) is 0 Å². The van der Waals surface area contributed by atoms with E-state index in [2.05, 4.69) is 37.9 Å². The quantitative estimate of drug-likeness (QED) is 0.860. The van der Waals surface area contributed by atoms with E-state index in [1.54, 1.807) is 12.4 Å². The zero-order chi connectivity index (χ0) is 16.8. The number of pyridine rings is 1. The Labute approximate surface area is 142 Å². The minimum absolute atomic E-state index is 0.363. The fourth-order valence-corrected chi connectivity index (χ4v) is 3.17. The molecule has 1 aliphatic rings. The standard InChI is InChI=1S/C18H22N6/c1-23(14-15-5-2-3-8-20-15)17-6-4-9-24(10-7-17)18-13-21-16(11-19)12-22-18/h2-3,5,8,12-13,17H,4,6-7,9-10,14H2,1H3. The van der Waals surface area contributed by atoms with Gasteiger partial charge in [0.15, 0.2) is 5.69 Å². The third-order valence-electron chi connectivity index (χ3n) is 4.54. The zero-order valence-corrected chi connectivity index (χ0v) is 14.0. The third-order valence-corrected chi connectivity index (χ3v) is 4.54. The molecule has 2 aromatic rings. The monoisotopic (exact) mass is 322 g/mol. The van der Waals surface area contributed by atoms with Crippen molar-refractivity contribution in [2.75, 3.05) is 25.0 Å². The van der Waals surface area contributed by atoms with Gasteiger partial charge in [-0.3, -0.25) is 9.88 Å². The first-order chi connectivity index (χ1) is 11.8. The summed E-state index contributed by atoms with van der Waals surface area (Å²) in [5.41, 5.74) is 1.47. The van der Waals surface area contributed by atoms with Gasteiger partial charge >= 0.3 is 0 Å². The molecule has 0 spiro atoms. The van der Waals surface area contributed by atoms with Crippen molar-refractivity contribution >= 4 is 5.82 Å². The molecule has 6 heteroatoms. The molecule has 1 atom stereocenters. The van der Waals surface area contributed by atoms with E-state index in [4.69, 9.17) is 5.26 Å². The van der Waals surface area contributed by atoms with Crippen molar-refractivity contribution in [2.45, 2.75) is 31.8 Å². The Bertz CT molecular complexity index is 679. The summed E-state index contributed by atoms with van der Waals surface area (Å²) in [4.78, 5) is 17.6. The Hall–Kier alpha value is -2.52. The second-order valence-electron chi connectivity index (χ2n) is 6.18. The van der Waals surface area contributed by atoms with Gasteiger partial charge in [0.25, 0.3) is 0 Å². The van der Waals surface area contributed by atoms with Crippen molar-refractivity contribution in [3.63, 3.8) is 0 Å².